The normalized spacial score (nSPS) is 14.5. The average molecular weight is 1140 g/mol. The number of para-hydroxylation sites is 1. The molecule has 0 aromatic heterocycles. The monoisotopic (exact) mass is 1140 g/mol. The van der Waals surface area contributed by atoms with Gasteiger partial charge in [0.05, 0.1) is 40.4 Å². The third-order valence-corrected chi connectivity index (χ3v) is 15.2. The van der Waals surface area contributed by atoms with Gasteiger partial charge in [-0.1, -0.05) is 156 Å². The van der Waals surface area contributed by atoms with Crippen LogP contribution in [-0.4, -0.2) is 67.3 Å². The van der Waals surface area contributed by atoms with Gasteiger partial charge in [-0.3, -0.25) is 4.79 Å². The highest BCUT2D eigenvalue weighted by atomic mass is 16.7. The Morgan fingerprint density at radius 2 is 0.854 bits per heavy atom. The summed E-state index contributed by atoms with van der Waals surface area (Å²) in [4.78, 5) is 48.1. The number of hydrogen-bond acceptors (Lipinski definition) is 12. The maximum atomic E-state index is 12.2. The van der Waals surface area contributed by atoms with Crippen LogP contribution in [0.4, 0.5) is 0 Å². The van der Waals surface area contributed by atoms with E-state index in [2.05, 4.69) is 69.2 Å². The summed E-state index contributed by atoms with van der Waals surface area (Å²) in [7, 11) is 0. The average Bonchev–Trinajstić information content (AvgIpc) is 3.55. The molecule has 4 aromatic carbocycles. The molecule has 1 aliphatic rings. The van der Waals surface area contributed by atoms with Gasteiger partial charge in [0.2, 0.25) is 18.9 Å². The lowest BCUT2D eigenvalue weighted by molar-refractivity contribution is -0.172. The first kappa shape index (κ1) is 72.5. The molecule has 458 valence electrons. The van der Waals surface area contributed by atoms with Crippen molar-refractivity contribution in [3.05, 3.63) is 137 Å². The van der Waals surface area contributed by atoms with Gasteiger partial charge in [-0.2, -0.15) is 0 Å². The summed E-state index contributed by atoms with van der Waals surface area (Å²) in [5.74, 6) is -0.535. The molecular formula is C70H106O12. The van der Waals surface area contributed by atoms with E-state index in [0.717, 1.165) is 51.4 Å². The lowest BCUT2D eigenvalue weighted by Crippen LogP contribution is -2.31. The minimum Gasteiger partial charge on any atom is -0.455 e. The SMILES string of the molecule is CCC(C)(C)C(=O)OC(C)Oc1ccccc1.CCC(C)(C)c1ccc(C(=O)OC(C)OC(C)(C)C)cc1.CCC(C)(C)c1ccc(C(=O)OC(C)OC2CCCCC2)cc1.CCCCOC(C)OC(=O)c1ccc(C(C)(C)CC)cc1. The second-order valence-electron chi connectivity index (χ2n) is 24.9. The summed E-state index contributed by atoms with van der Waals surface area (Å²) < 4.78 is 43.6. The molecule has 0 N–H and O–H groups in total. The topological polar surface area (TPSA) is 142 Å². The summed E-state index contributed by atoms with van der Waals surface area (Å²) in [6.07, 6.45) is 9.89. The Hall–Kier alpha value is -5.56. The van der Waals surface area contributed by atoms with Gasteiger partial charge in [-0.05, 0) is 182 Å². The van der Waals surface area contributed by atoms with E-state index >= 15 is 0 Å². The molecule has 5 rings (SSSR count). The van der Waals surface area contributed by atoms with Crippen molar-refractivity contribution in [3.63, 3.8) is 0 Å². The predicted octanol–water partition coefficient (Wildman–Crippen LogP) is 18.0. The molecular weight excluding hydrogens is 1030 g/mol. The number of carbonyl (C=O) groups is 4. The van der Waals surface area contributed by atoms with Gasteiger partial charge in [0.1, 0.15) is 5.75 Å². The summed E-state index contributed by atoms with van der Waals surface area (Å²) in [5, 5.41) is 0. The predicted molar refractivity (Wildman–Crippen MR) is 330 cm³/mol. The van der Waals surface area contributed by atoms with Gasteiger partial charge in [0, 0.05) is 6.92 Å². The first-order valence-electron chi connectivity index (χ1n) is 30.2. The minimum absolute atomic E-state index is 0.116. The van der Waals surface area contributed by atoms with Crippen LogP contribution in [0, 0.1) is 5.41 Å². The fourth-order valence-electron chi connectivity index (χ4n) is 8.06. The van der Waals surface area contributed by atoms with Gasteiger partial charge < -0.3 is 37.9 Å². The molecule has 82 heavy (non-hydrogen) atoms. The van der Waals surface area contributed by atoms with Crippen molar-refractivity contribution in [1.29, 1.82) is 0 Å². The fourth-order valence-corrected chi connectivity index (χ4v) is 8.06. The molecule has 4 unspecified atom stereocenters. The van der Waals surface area contributed by atoms with Crippen molar-refractivity contribution in [2.75, 3.05) is 6.61 Å². The molecule has 4 aromatic rings. The molecule has 4 atom stereocenters. The van der Waals surface area contributed by atoms with Crippen molar-refractivity contribution in [2.24, 2.45) is 5.41 Å². The summed E-state index contributed by atoms with van der Waals surface area (Å²) in [5.41, 5.74) is 4.95. The molecule has 0 aliphatic heterocycles. The van der Waals surface area contributed by atoms with Crippen molar-refractivity contribution in [1.82, 2.24) is 0 Å². The highest BCUT2D eigenvalue weighted by Crippen LogP contribution is 2.30. The molecule has 0 spiro atoms. The largest absolute Gasteiger partial charge is 0.455 e. The van der Waals surface area contributed by atoms with E-state index in [1.165, 1.54) is 36.0 Å². The Kier molecular flexibility index (Phi) is 30.9. The Balaban J connectivity index is 0.000000375. The summed E-state index contributed by atoms with van der Waals surface area (Å²) >= 11 is 0. The summed E-state index contributed by atoms with van der Waals surface area (Å²) in [6.45, 7) is 40.9. The molecule has 12 nitrogen and oxygen atoms in total. The van der Waals surface area contributed by atoms with Gasteiger partial charge in [0.25, 0.3) is 0 Å². The third kappa shape index (κ3) is 26.8. The standard InChI is InChI=1S/C20H30O3.2C18H28O3.C14H20O3/c1-5-20(3,4)17-13-11-16(12-14-17)19(21)23-15(2)22-18-9-7-6-8-10-18;1-8-18(6,7)15-11-9-14(10-12-15)16(19)20-13(2)21-17(3,4)5;1-6-8-13-20-14(3)21-17(19)15-9-11-16(12-10-15)18(4,5)7-2;1-5-14(3,4)13(15)17-11(2)16-12-9-7-6-8-10-12/h11-15,18H,5-10H2,1-4H3;9-13H,8H2,1-7H3;9-12,14H,6-8,13H2,1-5H3;6-11H,5H2,1-4H3. The first-order valence-corrected chi connectivity index (χ1v) is 30.2. The van der Waals surface area contributed by atoms with Crippen LogP contribution in [0.15, 0.2) is 103 Å². The van der Waals surface area contributed by atoms with Crippen molar-refractivity contribution in [3.8, 4) is 5.75 Å². The second kappa shape index (κ2) is 34.9. The van der Waals surface area contributed by atoms with Gasteiger partial charge in [-0.25, -0.2) is 14.4 Å². The van der Waals surface area contributed by atoms with Gasteiger partial charge in [-0.15, -0.1) is 0 Å². The number of ether oxygens (including phenoxy) is 8. The van der Waals surface area contributed by atoms with E-state index in [9.17, 15) is 19.2 Å². The molecule has 0 amide bonds. The van der Waals surface area contributed by atoms with Crippen molar-refractivity contribution < 1.29 is 57.1 Å². The zero-order valence-electron chi connectivity index (χ0n) is 54.1. The zero-order chi connectivity index (χ0) is 61.9. The van der Waals surface area contributed by atoms with E-state index in [-0.39, 0.29) is 51.8 Å². The Morgan fingerprint density at radius 3 is 1.22 bits per heavy atom. The van der Waals surface area contributed by atoms with E-state index in [1.807, 2.05) is 145 Å². The van der Waals surface area contributed by atoms with Crippen molar-refractivity contribution >= 4 is 23.9 Å². The molecule has 1 fully saturated rings. The van der Waals surface area contributed by atoms with Gasteiger partial charge >= 0.3 is 23.9 Å². The number of esters is 4. The summed E-state index contributed by atoms with van der Waals surface area (Å²) in [6, 6.07) is 32.3. The van der Waals surface area contributed by atoms with Crippen LogP contribution in [0.5, 0.6) is 5.75 Å². The smallest absolute Gasteiger partial charge is 0.340 e. The van der Waals surface area contributed by atoms with Crippen LogP contribution in [0.2, 0.25) is 0 Å². The Morgan fingerprint density at radius 1 is 0.463 bits per heavy atom. The molecule has 0 radical (unpaired) electrons. The lowest BCUT2D eigenvalue weighted by Gasteiger charge is -2.25. The second-order valence-corrected chi connectivity index (χ2v) is 24.9. The van der Waals surface area contributed by atoms with E-state index in [4.69, 9.17) is 37.9 Å². The van der Waals surface area contributed by atoms with Crippen molar-refractivity contribution in [2.45, 2.75) is 262 Å². The number of unbranched alkanes of at least 4 members (excludes halogenated alkanes) is 1. The van der Waals surface area contributed by atoms with Crippen LogP contribution >= 0.6 is 0 Å². The molecule has 0 bridgehead atoms. The fraction of sp³-hybridized carbons (Fsp3) is 0.600. The molecule has 0 saturated heterocycles. The molecule has 0 heterocycles. The Bertz CT molecular complexity index is 2450. The minimum atomic E-state index is -0.573. The van der Waals surface area contributed by atoms with Crippen LogP contribution in [0.25, 0.3) is 0 Å². The number of rotatable bonds is 24. The van der Waals surface area contributed by atoms with E-state index in [0.29, 0.717) is 29.0 Å². The first-order chi connectivity index (χ1) is 38.3. The third-order valence-electron chi connectivity index (χ3n) is 15.2. The maximum Gasteiger partial charge on any atom is 0.340 e. The van der Waals surface area contributed by atoms with Crippen LogP contribution in [0.1, 0.15) is 257 Å². The number of benzene rings is 4. The molecule has 1 aliphatic carbocycles. The highest BCUT2D eigenvalue weighted by molar-refractivity contribution is 5.90. The van der Waals surface area contributed by atoms with E-state index < -0.39 is 30.6 Å². The molecule has 12 heteroatoms. The van der Waals surface area contributed by atoms with Crippen LogP contribution in [0.3, 0.4) is 0 Å². The molecule has 1 saturated carbocycles. The maximum absolute atomic E-state index is 12.2. The number of carbonyl (C=O) groups excluding carboxylic acids is 4. The lowest BCUT2D eigenvalue weighted by atomic mass is 9.82. The number of hydrogen-bond donors (Lipinski definition) is 0. The van der Waals surface area contributed by atoms with E-state index in [1.54, 1.807) is 27.7 Å². The van der Waals surface area contributed by atoms with Crippen LogP contribution < -0.4 is 4.74 Å². The quantitative estimate of drug-likeness (QED) is 0.0285. The Labute approximate surface area is 495 Å². The van der Waals surface area contributed by atoms with Gasteiger partial charge in [0.15, 0.2) is 6.29 Å². The zero-order valence-corrected chi connectivity index (χ0v) is 54.1. The van der Waals surface area contributed by atoms with Crippen LogP contribution in [-0.2, 0) is 54.2 Å². The highest BCUT2D eigenvalue weighted by Gasteiger charge is 2.29.